The minimum absolute atomic E-state index is 0.00206. The number of hydrogen-bond acceptors (Lipinski definition) is 1. The molecule has 0 radical (unpaired) electrons. The van der Waals surface area contributed by atoms with E-state index in [0.717, 1.165) is 22.7 Å². The molecule has 0 atom stereocenters. The standard InChI is InChI=1S/C49H36N2/c1-49(2)42-21-10-8-19-39(42)41-32-35(28-31-43(41)49)33-26-29-37(30-27-33)51(44-23-12-15-34-14-6-7-18-38(34)44)47-25-13-24-46-48(47)40-20-9-11-22-45(40)50(46)36-16-4-3-5-17-36/h3-32H,1-2H3. The number of rotatable bonds is 5. The van der Waals surface area contributed by atoms with Crippen molar-refractivity contribution in [2.45, 2.75) is 19.3 Å². The van der Waals surface area contributed by atoms with E-state index in [-0.39, 0.29) is 5.41 Å². The molecule has 10 rings (SSSR count). The molecule has 1 aliphatic carbocycles. The SMILES string of the molecule is CC1(C)c2ccccc2-c2cc(-c3ccc(N(c4cccc5ccccc45)c4cccc5c4c4ccccc4n5-c4ccccc4)cc3)ccc21. The molecule has 1 aliphatic rings. The molecule has 8 aromatic carbocycles. The van der Waals surface area contributed by atoms with Crippen molar-refractivity contribution < 1.29 is 0 Å². The summed E-state index contributed by atoms with van der Waals surface area (Å²) in [6, 6.07) is 66.6. The van der Waals surface area contributed by atoms with E-state index in [1.54, 1.807) is 0 Å². The highest BCUT2D eigenvalue weighted by Crippen LogP contribution is 2.50. The maximum absolute atomic E-state index is 2.46. The van der Waals surface area contributed by atoms with Gasteiger partial charge < -0.3 is 9.47 Å². The second-order valence-corrected chi connectivity index (χ2v) is 14.2. The molecule has 1 heterocycles. The second-order valence-electron chi connectivity index (χ2n) is 14.2. The third-order valence-electron chi connectivity index (χ3n) is 11.0. The van der Waals surface area contributed by atoms with Gasteiger partial charge in [0.05, 0.1) is 22.4 Å². The third kappa shape index (κ3) is 4.50. The van der Waals surface area contributed by atoms with Crippen molar-refractivity contribution in [1.82, 2.24) is 4.57 Å². The quantitative estimate of drug-likeness (QED) is 0.180. The van der Waals surface area contributed by atoms with Crippen LogP contribution >= 0.6 is 0 Å². The van der Waals surface area contributed by atoms with Crippen LogP contribution in [0.5, 0.6) is 0 Å². The van der Waals surface area contributed by atoms with E-state index in [2.05, 4.69) is 205 Å². The molecule has 2 heteroatoms. The summed E-state index contributed by atoms with van der Waals surface area (Å²) in [7, 11) is 0. The predicted octanol–water partition coefficient (Wildman–Crippen LogP) is 13.4. The van der Waals surface area contributed by atoms with Gasteiger partial charge in [-0.25, -0.2) is 0 Å². The molecule has 1 aromatic heterocycles. The lowest BCUT2D eigenvalue weighted by Crippen LogP contribution is -2.14. The maximum Gasteiger partial charge on any atom is 0.0562 e. The van der Waals surface area contributed by atoms with Crippen molar-refractivity contribution in [2.24, 2.45) is 0 Å². The molecule has 242 valence electrons. The number of anilines is 3. The number of para-hydroxylation sites is 2. The Kier molecular flexibility index (Phi) is 6.56. The van der Waals surface area contributed by atoms with Crippen LogP contribution in [0, 0.1) is 0 Å². The van der Waals surface area contributed by atoms with E-state index in [1.165, 1.54) is 66.0 Å². The molecule has 9 aromatic rings. The van der Waals surface area contributed by atoms with Crippen LogP contribution in [0.3, 0.4) is 0 Å². The largest absolute Gasteiger partial charge is 0.309 e. The van der Waals surface area contributed by atoms with Gasteiger partial charge in [0, 0.05) is 32.9 Å². The van der Waals surface area contributed by atoms with Crippen molar-refractivity contribution in [2.75, 3.05) is 4.90 Å². The van der Waals surface area contributed by atoms with Crippen LogP contribution in [0.25, 0.3) is 60.5 Å². The zero-order valence-electron chi connectivity index (χ0n) is 28.7. The summed E-state index contributed by atoms with van der Waals surface area (Å²) >= 11 is 0. The van der Waals surface area contributed by atoms with Crippen LogP contribution in [0.15, 0.2) is 182 Å². The Labute approximate surface area is 298 Å². The zero-order chi connectivity index (χ0) is 34.1. The molecule has 0 aliphatic heterocycles. The zero-order valence-corrected chi connectivity index (χ0v) is 28.7. The summed E-state index contributed by atoms with van der Waals surface area (Å²) in [5.41, 5.74) is 14.9. The van der Waals surface area contributed by atoms with Crippen molar-refractivity contribution in [3.8, 4) is 27.9 Å². The van der Waals surface area contributed by atoms with Crippen LogP contribution in [-0.4, -0.2) is 4.57 Å². The molecule has 0 saturated carbocycles. The number of fused-ring (bicyclic) bond motifs is 7. The molecule has 0 amide bonds. The Morgan fingerprint density at radius 3 is 1.94 bits per heavy atom. The Morgan fingerprint density at radius 2 is 1.08 bits per heavy atom. The van der Waals surface area contributed by atoms with Crippen LogP contribution in [-0.2, 0) is 5.41 Å². The first-order valence-electron chi connectivity index (χ1n) is 17.8. The van der Waals surface area contributed by atoms with Crippen molar-refractivity contribution in [1.29, 1.82) is 0 Å². The predicted molar refractivity (Wildman–Crippen MR) is 216 cm³/mol. The van der Waals surface area contributed by atoms with Gasteiger partial charge in [0.2, 0.25) is 0 Å². The minimum atomic E-state index is -0.00206. The Bertz CT molecular complexity index is 2760. The summed E-state index contributed by atoms with van der Waals surface area (Å²) in [6.45, 7) is 4.68. The monoisotopic (exact) mass is 652 g/mol. The third-order valence-corrected chi connectivity index (χ3v) is 11.0. The fourth-order valence-electron chi connectivity index (χ4n) is 8.56. The highest BCUT2D eigenvalue weighted by atomic mass is 15.1. The lowest BCUT2D eigenvalue weighted by atomic mass is 9.82. The van der Waals surface area contributed by atoms with Gasteiger partial charge in [-0.05, 0) is 93.4 Å². The minimum Gasteiger partial charge on any atom is -0.309 e. The summed E-state index contributed by atoms with van der Waals surface area (Å²) < 4.78 is 2.39. The van der Waals surface area contributed by atoms with Crippen molar-refractivity contribution in [3.63, 3.8) is 0 Å². The van der Waals surface area contributed by atoms with Crippen LogP contribution in [0.4, 0.5) is 17.1 Å². The fraction of sp³-hybridized carbons (Fsp3) is 0.0612. The summed E-state index contributed by atoms with van der Waals surface area (Å²) in [5, 5.41) is 4.90. The van der Waals surface area contributed by atoms with E-state index in [9.17, 15) is 0 Å². The molecule has 0 fully saturated rings. The molecule has 2 nitrogen and oxygen atoms in total. The smallest absolute Gasteiger partial charge is 0.0562 e. The maximum atomic E-state index is 2.46. The Hall–Kier alpha value is -6.38. The number of aromatic nitrogens is 1. The van der Waals surface area contributed by atoms with Crippen LogP contribution in [0.1, 0.15) is 25.0 Å². The topological polar surface area (TPSA) is 8.17 Å². The molecule has 0 bridgehead atoms. The van der Waals surface area contributed by atoms with Gasteiger partial charge in [0.15, 0.2) is 0 Å². The average molecular weight is 653 g/mol. The molecule has 0 unspecified atom stereocenters. The van der Waals surface area contributed by atoms with E-state index in [0.29, 0.717) is 0 Å². The van der Waals surface area contributed by atoms with Gasteiger partial charge in [-0.2, -0.15) is 0 Å². The highest BCUT2D eigenvalue weighted by Gasteiger charge is 2.35. The molecule has 51 heavy (non-hydrogen) atoms. The van der Waals surface area contributed by atoms with Gasteiger partial charge in [-0.15, -0.1) is 0 Å². The van der Waals surface area contributed by atoms with Gasteiger partial charge in [0.25, 0.3) is 0 Å². The van der Waals surface area contributed by atoms with Crippen molar-refractivity contribution in [3.05, 3.63) is 193 Å². The van der Waals surface area contributed by atoms with E-state index in [4.69, 9.17) is 0 Å². The second kappa shape index (κ2) is 11.3. The van der Waals surface area contributed by atoms with E-state index in [1.807, 2.05) is 0 Å². The van der Waals surface area contributed by atoms with Crippen LogP contribution in [0.2, 0.25) is 0 Å². The summed E-state index contributed by atoms with van der Waals surface area (Å²) in [6.07, 6.45) is 0. The lowest BCUT2D eigenvalue weighted by Gasteiger charge is -2.28. The lowest BCUT2D eigenvalue weighted by molar-refractivity contribution is 0.660. The summed E-state index contributed by atoms with van der Waals surface area (Å²) in [5.74, 6) is 0. The van der Waals surface area contributed by atoms with E-state index >= 15 is 0 Å². The first-order valence-corrected chi connectivity index (χ1v) is 17.8. The van der Waals surface area contributed by atoms with Gasteiger partial charge >= 0.3 is 0 Å². The highest BCUT2D eigenvalue weighted by molar-refractivity contribution is 6.17. The molecule has 0 spiro atoms. The molecule has 0 saturated heterocycles. The van der Waals surface area contributed by atoms with Gasteiger partial charge in [0.1, 0.15) is 0 Å². The first kappa shape index (κ1) is 29.5. The van der Waals surface area contributed by atoms with Crippen molar-refractivity contribution >= 4 is 49.6 Å². The fourth-order valence-corrected chi connectivity index (χ4v) is 8.56. The normalized spacial score (nSPS) is 13.1. The Morgan fingerprint density at radius 1 is 0.451 bits per heavy atom. The molecular weight excluding hydrogens is 617 g/mol. The Balaban J connectivity index is 1.17. The number of hydrogen-bond donors (Lipinski definition) is 0. The van der Waals surface area contributed by atoms with Gasteiger partial charge in [-0.3, -0.25) is 0 Å². The average Bonchev–Trinajstić information content (AvgIpc) is 3.64. The molecule has 0 N–H and O–H groups in total. The molecular formula is C49H36N2. The number of benzene rings is 8. The first-order chi connectivity index (χ1) is 25.1. The number of nitrogens with zero attached hydrogens (tertiary/aromatic N) is 2. The van der Waals surface area contributed by atoms with Gasteiger partial charge in [-0.1, -0.05) is 141 Å². The van der Waals surface area contributed by atoms with E-state index < -0.39 is 0 Å². The summed E-state index contributed by atoms with van der Waals surface area (Å²) in [4.78, 5) is 2.46. The van der Waals surface area contributed by atoms with Crippen LogP contribution < -0.4 is 4.90 Å².